The number of carbonyl (C=O) groups excluding carboxylic acids is 1. The van der Waals surface area contributed by atoms with E-state index in [9.17, 15) is 9.59 Å². The molecular formula is C32H39N5O4. The minimum absolute atomic E-state index is 0.0579. The number of ether oxygens (including phenoxy) is 2. The number of nitrogens with zero attached hydrogens (tertiary/aromatic N) is 4. The maximum absolute atomic E-state index is 13.5. The third-order valence-corrected chi connectivity index (χ3v) is 8.58. The number of aromatic nitrogens is 2. The Labute approximate surface area is 241 Å². The molecule has 6 rings (SSSR count). The number of carbonyl (C=O) groups is 1. The van der Waals surface area contributed by atoms with Gasteiger partial charge in [-0.15, -0.1) is 0 Å². The van der Waals surface area contributed by atoms with Crippen LogP contribution >= 0.6 is 0 Å². The van der Waals surface area contributed by atoms with Crippen LogP contribution in [0.2, 0.25) is 0 Å². The van der Waals surface area contributed by atoms with Crippen LogP contribution in [0.1, 0.15) is 47.9 Å². The molecule has 3 aliphatic rings. The highest BCUT2D eigenvalue weighted by Crippen LogP contribution is 2.41. The van der Waals surface area contributed by atoms with Crippen LogP contribution in [0.5, 0.6) is 11.5 Å². The van der Waals surface area contributed by atoms with E-state index in [4.69, 9.17) is 9.47 Å². The molecule has 0 unspecified atom stereocenters. The summed E-state index contributed by atoms with van der Waals surface area (Å²) in [5.41, 5.74) is 7.03. The molecular weight excluding hydrogens is 518 g/mol. The molecule has 2 fully saturated rings. The molecule has 41 heavy (non-hydrogen) atoms. The summed E-state index contributed by atoms with van der Waals surface area (Å²) in [6, 6.07) is 10.4. The summed E-state index contributed by atoms with van der Waals surface area (Å²) in [6.07, 6.45) is 5.48. The summed E-state index contributed by atoms with van der Waals surface area (Å²) in [7, 11) is 1.66. The van der Waals surface area contributed by atoms with Crippen LogP contribution in [-0.4, -0.2) is 59.9 Å². The van der Waals surface area contributed by atoms with Gasteiger partial charge in [0.05, 0.1) is 18.9 Å². The van der Waals surface area contributed by atoms with E-state index in [1.807, 2.05) is 17.0 Å². The van der Waals surface area contributed by atoms with Crippen LogP contribution in [0, 0.1) is 20.8 Å². The molecule has 0 spiro atoms. The third kappa shape index (κ3) is 5.25. The summed E-state index contributed by atoms with van der Waals surface area (Å²) in [6.45, 7) is 9.15. The second kappa shape index (κ2) is 11.1. The van der Waals surface area contributed by atoms with Gasteiger partial charge in [-0.2, -0.15) is 4.98 Å². The van der Waals surface area contributed by atoms with E-state index in [0.717, 1.165) is 58.6 Å². The number of methoxy groups -OCH3 is 1. The predicted molar refractivity (Wildman–Crippen MR) is 160 cm³/mol. The van der Waals surface area contributed by atoms with E-state index >= 15 is 0 Å². The van der Waals surface area contributed by atoms with Gasteiger partial charge < -0.3 is 24.6 Å². The van der Waals surface area contributed by atoms with Crippen LogP contribution in [0.15, 0.2) is 35.1 Å². The fourth-order valence-corrected chi connectivity index (χ4v) is 6.67. The van der Waals surface area contributed by atoms with Crippen LogP contribution in [0.25, 0.3) is 11.3 Å². The normalized spacial score (nSPS) is 16.4. The third-order valence-electron chi connectivity index (χ3n) is 8.58. The predicted octanol–water partition coefficient (Wildman–Crippen LogP) is 4.88. The van der Waals surface area contributed by atoms with Gasteiger partial charge in [0.15, 0.2) is 11.5 Å². The van der Waals surface area contributed by atoms with Crippen molar-refractivity contribution in [1.82, 2.24) is 19.8 Å². The van der Waals surface area contributed by atoms with Crippen LogP contribution < -0.4 is 25.4 Å². The largest absolute Gasteiger partial charge is 0.493 e. The lowest BCUT2D eigenvalue weighted by Crippen LogP contribution is -2.37. The highest BCUT2D eigenvalue weighted by atomic mass is 16.5. The van der Waals surface area contributed by atoms with E-state index in [0.29, 0.717) is 44.3 Å². The molecule has 0 radical (unpaired) electrons. The van der Waals surface area contributed by atoms with Crippen molar-refractivity contribution in [3.8, 4) is 22.8 Å². The molecule has 9 heteroatoms. The second-order valence-electron chi connectivity index (χ2n) is 11.5. The molecule has 9 nitrogen and oxygen atoms in total. The molecule has 1 N–H and O–H groups in total. The van der Waals surface area contributed by atoms with Crippen molar-refractivity contribution in [2.45, 2.75) is 65.5 Å². The highest BCUT2D eigenvalue weighted by molar-refractivity contribution is 5.77. The summed E-state index contributed by atoms with van der Waals surface area (Å²) < 4.78 is 13.9. The van der Waals surface area contributed by atoms with E-state index < -0.39 is 0 Å². The van der Waals surface area contributed by atoms with E-state index in [2.05, 4.69) is 54.2 Å². The van der Waals surface area contributed by atoms with Crippen LogP contribution in [0.3, 0.4) is 0 Å². The number of aryl methyl sites for hydroxylation is 4. The van der Waals surface area contributed by atoms with Gasteiger partial charge in [0.2, 0.25) is 0 Å². The first kappa shape index (κ1) is 27.2. The number of benzene rings is 2. The van der Waals surface area contributed by atoms with Gasteiger partial charge in [-0.25, -0.2) is 9.59 Å². The maximum Gasteiger partial charge on any atom is 0.350 e. The van der Waals surface area contributed by atoms with E-state index in [1.54, 1.807) is 11.7 Å². The lowest BCUT2D eigenvalue weighted by Gasteiger charge is -2.31. The lowest BCUT2D eigenvalue weighted by molar-refractivity contribution is 0.200. The zero-order valence-corrected chi connectivity index (χ0v) is 24.5. The number of urea groups is 1. The Balaban J connectivity index is 1.43. The van der Waals surface area contributed by atoms with Gasteiger partial charge in [0.25, 0.3) is 0 Å². The fourth-order valence-electron chi connectivity index (χ4n) is 6.67. The SMILES string of the molecule is COc1cc2c(cc1OC1CCCC1)CCn1c-2cc(N(CCN2CCNC2=O)c2c(C)cc(C)cc2C)nc1=O. The van der Waals surface area contributed by atoms with Crippen LogP contribution in [0.4, 0.5) is 16.3 Å². The topological polar surface area (TPSA) is 88.9 Å². The van der Waals surface area contributed by atoms with E-state index in [1.165, 1.54) is 18.4 Å². The number of amides is 2. The van der Waals surface area contributed by atoms with Crippen molar-refractivity contribution in [2.75, 3.05) is 38.2 Å². The number of rotatable bonds is 8. The molecule has 1 saturated carbocycles. The van der Waals surface area contributed by atoms with Gasteiger partial charge in [-0.05, 0) is 81.7 Å². The van der Waals surface area contributed by atoms with Gasteiger partial charge in [-0.1, -0.05) is 17.7 Å². The van der Waals surface area contributed by atoms with Crippen molar-refractivity contribution < 1.29 is 14.3 Å². The molecule has 2 aliphatic heterocycles. The standard InChI is InChI=1S/C32H39N5O4/c1-20-15-21(2)30(22(3)16-20)37(14-13-35-12-10-33-31(35)38)29-19-26-25-18-27(40-4)28(41-24-7-5-6-8-24)17-23(25)9-11-36(26)32(39)34-29/h15-19,24H,5-14H2,1-4H3,(H,33,38). The maximum atomic E-state index is 13.5. The van der Waals surface area contributed by atoms with Crippen molar-refractivity contribution in [1.29, 1.82) is 0 Å². The Bertz CT molecular complexity index is 1520. The number of nitrogens with one attached hydrogen (secondary N) is 1. The smallest absolute Gasteiger partial charge is 0.350 e. The first-order valence-electron chi connectivity index (χ1n) is 14.7. The lowest BCUT2D eigenvalue weighted by atomic mass is 9.96. The fraction of sp³-hybridized carbons (Fsp3) is 0.469. The minimum atomic E-state index is -0.278. The summed E-state index contributed by atoms with van der Waals surface area (Å²) >= 11 is 0. The molecule has 2 amide bonds. The first-order valence-corrected chi connectivity index (χ1v) is 14.7. The number of anilines is 2. The summed E-state index contributed by atoms with van der Waals surface area (Å²) in [4.78, 5) is 34.3. The Kier molecular flexibility index (Phi) is 7.36. The van der Waals surface area contributed by atoms with Gasteiger partial charge in [0.1, 0.15) is 5.82 Å². The molecule has 0 atom stereocenters. The highest BCUT2D eigenvalue weighted by Gasteiger charge is 2.27. The molecule has 2 aromatic carbocycles. The molecule has 216 valence electrons. The number of hydrogen-bond acceptors (Lipinski definition) is 6. The molecule has 0 bridgehead atoms. The monoisotopic (exact) mass is 557 g/mol. The minimum Gasteiger partial charge on any atom is -0.493 e. The van der Waals surface area contributed by atoms with Gasteiger partial charge in [0, 0.05) is 50.0 Å². The summed E-state index contributed by atoms with van der Waals surface area (Å²) in [5, 5.41) is 2.88. The zero-order chi connectivity index (χ0) is 28.7. The van der Waals surface area contributed by atoms with Crippen molar-refractivity contribution in [3.63, 3.8) is 0 Å². The Morgan fingerprint density at radius 2 is 1.76 bits per heavy atom. The second-order valence-corrected chi connectivity index (χ2v) is 11.5. The number of hydrogen-bond donors (Lipinski definition) is 1. The van der Waals surface area contributed by atoms with Crippen molar-refractivity contribution >= 4 is 17.5 Å². The molecule has 3 heterocycles. The Morgan fingerprint density at radius 3 is 2.44 bits per heavy atom. The Hall–Kier alpha value is -4.01. The molecule has 3 aromatic rings. The average Bonchev–Trinajstić information content (AvgIpc) is 3.60. The zero-order valence-electron chi connectivity index (χ0n) is 24.5. The van der Waals surface area contributed by atoms with E-state index in [-0.39, 0.29) is 17.8 Å². The Morgan fingerprint density at radius 1 is 1.00 bits per heavy atom. The van der Waals surface area contributed by atoms with Crippen molar-refractivity contribution in [2.24, 2.45) is 0 Å². The number of fused-ring (bicyclic) bond motifs is 3. The van der Waals surface area contributed by atoms with Crippen molar-refractivity contribution in [3.05, 3.63) is 63.1 Å². The first-order chi connectivity index (χ1) is 19.8. The quantitative estimate of drug-likeness (QED) is 0.425. The molecule has 1 aromatic heterocycles. The van der Waals surface area contributed by atoms with Gasteiger partial charge in [-0.3, -0.25) is 4.57 Å². The molecule has 1 aliphatic carbocycles. The summed E-state index contributed by atoms with van der Waals surface area (Å²) in [5.74, 6) is 2.03. The average molecular weight is 558 g/mol. The molecule has 1 saturated heterocycles. The van der Waals surface area contributed by atoms with Gasteiger partial charge >= 0.3 is 11.7 Å². The van der Waals surface area contributed by atoms with Crippen LogP contribution in [-0.2, 0) is 13.0 Å².